The highest BCUT2D eigenvalue weighted by molar-refractivity contribution is 6.01. The maximum Gasteiger partial charge on any atom is 0.374 e. The molecule has 2 saturated heterocycles. The van der Waals surface area contributed by atoms with Crippen LogP contribution in [0.1, 0.15) is 63.4 Å². The van der Waals surface area contributed by atoms with Crippen LogP contribution in [0.4, 0.5) is 0 Å². The van der Waals surface area contributed by atoms with Gasteiger partial charge in [0.2, 0.25) is 5.76 Å². The first kappa shape index (κ1) is 22.1. The molecule has 0 amide bonds. The van der Waals surface area contributed by atoms with Gasteiger partial charge in [-0.05, 0) is 74.5 Å². The Morgan fingerprint density at radius 1 is 1.32 bits per heavy atom. The Bertz CT molecular complexity index is 1130. The van der Waals surface area contributed by atoms with E-state index >= 15 is 0 Å². The van der Waals surface area contributed by atoms with Crippen LogP contribution in [-0.2, 0) is 14.3 Å². The molecule has 34 heavy (non-hydrogen) atoms. The zero-order valence-corrected chi connectivity index (χ0v) is 20.0. The van der Waals surface area contributed by atoms with Crippen molar-refractivity contribution in [3.8, 4) is 12.3 Å². The first-order chi connectivity index (χ1) is 16.1. The van der Waals surface area contributed by atoms with Gasteiger partial charge in [0.1, 0.15) is 17.3 Å². The fraction of sp³-hybridized carbons (Fsp3) is 0.643. The average Bonchev–Trinajstić information content (AvgIpc) is 3.19. The second-order valence-electron chi connectivity index (χ2n) is 11.5. The van der Waals surface area contributed by atoms with Crippen LogP contribution in [0.15, 0.2) is 35.0 Å². The maximum atomic E-state index is 13.9. The van der Waals surface area contributed by atoms with E-state index in [0.29, 0.717) is 18.4 Å². The second-order valence-corrected chi connectivity index (χ2v) is 11.5. The summed E-state index contributed by atoms with van der Waals surface area (Å²) in [5.74, 6) is 2.07. The Balaban J connectivity index is 1.50. The third-order valence-corrected chi connectivity index (χ3v) is 10.6. The van der Waals surface area contributed by atoms with E-state index in [4.69, 9.17) is 20.3 Å². The first-order valence-electron chi connectivity index (χ1n) is 12.4. The van der Waals surface area contributed by atoms with Crippen LogP contribution in [0.5, 0.6) is 0 Å². The molecule has 6 heteroatoms. The van der Waals surface area contributed by atoms with Crippen LogP contribution in [-0.4, -0.2) is 40.3 Å². The van der Waals surface area contributed by atoms with Crippen molar-refractivity contribution in [3.63, 3.8) is 0 Å². The van der Waals surface area contributed by atoms with Gasteiger partial charge in [0, 0.05) is 11.3 Å². The number of esters is 1. The predicted molar refractivity (Wildman–Crippen MR) is 122 cm³/mol. The fourth-order valence-electron chi connectivity index (χ4n) is 8.78. The highest BCUT2D eigenvalue weighted by atomic mass is 16.6. The van der Waals surface area contributed by atoms with E-state index in [-0.39, 0.29) is 35.2 Å². The van der Waals surface area contributed by atoms with Gasteiger partial charge in [-0.25, -0.2) is 4.79 Å². The Kier molecular flexibility index (Phi) is 4.33. The molecule has 1 aromatic heterocycles. The van der Waals surface area contributed by atoms with Crippen molar-refractivity contribution < 1.29 is 28.6 Å². The van der Waals surface area contributed by atoms with Gasteiger partial charge in [-0.2, -0.15) is 0 Å². The lowest BCUT2D eigenvalue weighted by atomic mass is 9.44. The number of aliphatic hydroxyl groups is 1. The summed E-state index contributed by atoms with van der Waals surface area (Å²) < 4.78 is 18.1. The Labute approximate surface area is 200 Å². The third-order valence-electron chi connectivity index (χ3n) is 10.6. The number of furan rings is 1. The maximum absolute atomic E-state index is 13.9. The van der Waals surface area contributed by atoms with Crippen LogP contribution < -0.4 is 0 Å². The molecule has 3 saturated carbocycles. The van der Waals surface area contributed by atoms with Crippen molar-refractivity contribution in [3.05, 3.63) is 36.3 Å². The predicted octanol–water partition coefficient (Wildman–Crippen LogP) is 3.93. The number of rotatable bonds is 2. The minimum atomic E-state index is -1.01. The molecule has 180 valence electrons. The van der Waals surface area contributed by atoms with E-state index in [9.17, 15) is 14.7 Å². The fourth-order valence-corrected chi connectivity index (χ4v) is 8.78. The molecule has 2 spiro atoms. The van der Waals surface area contributed by atoms with E-state index < -0.39 is 40.2 Å². The Morgan fingerprint density at radius 3 is 2.76 bits per heavy atom. The molecular weight excluding hydrogens is 432 g/mol. The molecule has 1 N–H and O–H groups in total. The largest absolute Gasteiger partial charge is 0.457 e. The van der Waals surface area contributed by atoms with Crippen molar-refractivity contribution in [2.75, 3.05) is 0 Å². The number of hydrogen-bond donors (Lipinski definition) is 1. The van der Waals surface area contributed by atoms with Crippen LogP contribution in [0, 0.1) is 46.8 Å². The smallest absolute Gasteiger partial charge is 0.374 e. The van der Waals surface area contributed by atoms with Gasteiger partial charge in [-0.15, -0.1) is 6.42 Å². The highest BCUT2D eigenvalue weighted by Crippen LogP contribution is 2.82. The topological polar surface area (TPSA) is 86.0 Å². The van der Waals surface area contributed by atoms with Crippen LogP contribution in [0.25, 0.3) is 0 Å². The molecule has 0 aromatic carbocycles. The van der Waals surface area contributed by atoms with Crippen molar-refractivity contribution >= 4 is 11.8 Å². The molecule has 5 fully saturated rings. The molecule has 2 bridgehead atoms. The van der Waals surface area contributed by atoms with Gasteiger partial charge in [0.25, 0.3) is 0 Å². The number of fused-ring (bicyclic) bond motifs is 2. The van der Waals surface area contributed by atoms with Crippen LogP contribution in [0.3, 0.4) is 0 Å². The summed E-state index contributed by atoms with van der Waals surface area (Å²) in [6.45, 7) is 10.1. The van der Waals surface area contributed by atoms with Crippen LogP contribution in [0.2, 0.25) is 0 Å². The summed E-state index contributed by atoms with van der Waals surface area (Å²) in [6, 6.07) is 3.19. The number of terminal acetylenes is 1. The van der Waals surface area contributed by atoms with Gasteiger partial charge < -0.3 is 19.0 Å². The Morgan fingerprint density at radius 2 is 2.09 bits per heavy atom. The number of allylic oxidation sites excluding steroid dienone is 1. The zero-order chi connectivity index (χ0) is 24.3. The lowest BCUT2D eigenvalue weighted by Gasteiger charge is -2.63. The number of ketones is 1. The minimum Gasteiger partial charge on any atom is -0.457 e. The molecule has 6 rings (SSSR count). The van der Waals surface area contributed by atoms with Gasteiger partial charge >= 0.3 is 5.97 Å². The van der Waals surface area contributed by atoms with Crippen LogP contribution >= 0.6 is 0 Å². The molecule has 1 aromatic rings. The molecule has 6 nitrogen and oxygen atoms in total. The molecule has 3 aliphatic carbocycles. The van der Waals surface area contributed by atoms with E-state index in [1.54, 1.807) is 12.1 Å². The molecule has 3 heterocycles. The molecule has 2 aliphatic heterocycles. The molecule has 5 aliphatic rings. The number of carbonyl (C=O) groups is 2. The first-order valence-corrected chi connectivity index (χ1v) is 12.4. The summed E-state index contributed by atoms with van der Waals surface area (Å²) in [4.78, 5) is 26.9. The SMILES string of the molecule is C#CC12CCCC3(O1)C(O)C31C(CC(OC(=O)c3ccco3)C3(C)C(=O)C(=C)C(C)CC31)C2C. The second kappa shape index (κ2) is 6.65. The van der Waals surface area contributed by atoms with Gasteiger partial charge in [0.05, 0.1) is 17.8 Å². The van der Waals surface area contributed by atoms with Gasteiger partial charge in [-0.1, -0.05) is 26.3 Å². The lowest BCUT2D eigenvalue weighted by Crippen LogP contribution is -2.67. The summed E-state index contributed by atoms with van der Waals surface area (Å²) >= 11 is 0. The van der Waals surface area contributed by atoms with E-state index in [2.05, 4.69) is 19.4 Å². The molecule has 0 radical (unpaired) electrons. The number of hydrogen-bond acceptors (Lipinski definition) is 6. The van der Waals surface area contributed by atoms with Crippen molar-refractivity contribution in [1.82, 2.24) is 0 Å². The Hall–Kier alpha value is -2.36. The summed E-state index contributed by atoms with van der Waals surface area (Å²) in [5, 5.41) is 11.7. The number of Topliss-reactive ketones (excluding diaryl/α,β-unsaturated/α-hetero) is 1. The highest BCUT2D eigenvalue weighted by Gasteiger charge is 2.91. The van der Waals surface area contributed by atoms with Gasteiger partial charge in [0.15, 0.2) is 5.78 Å². The van der Waals surface area contributed by atoms with Gasteiger partial charge in [-0.3, -0.25) is 4.79 Å². The van der Waals surface area contributed by atoms with E-state index in [0.717, 1.165) is 19.3 Å². The van der Waals surface area contributed by atoms with E-state index in [1.165, 1.54) is 6.26 Å². The minimum absolute atomic E-state index is 0.0248. The zero-order valence-electron chi connectivity index (χ0n) is 20.0. The van der Waals surface area contributed by atoms with Crippen molar-refractivity contribution in [1.29, 1.82) is 0 Å². The average molecular weight is 465 g/mol. The summed E-state index contributed by atoms with van der Waals surface area (Å²) in [6.07, 6.45) is 9.60. The van der Waals surface area contributed by atoms with Crippen molar-refractivity contribution in [2.24, 2.45) is 34.5 Å². The number of ether oxygens (including phenoxy) is 2. The van der Waals surface area contributed by atoms with E-state index in [1.807, 2.05) is 13.8 Å². The van der Waals surface area contributed by atoms with Crippen molar-refractivity contribution in [2.45, 2.75) is 76.3 Å². The summed E-state index contributed by atoms with van der Waals surface area (Å²) in [7, 11) is 0. The molecule has 10 atom stereocenters. The molecular formula is C28H32O6. The lowest BCUT2D eigenvalue weighted by molar-refractivity contribution is -0.252. The summed E-state index contributed by atoms with van der Waals surface area (Å²) in [5.41, 5.74) is -2.52. The monoisotopic (exact) mass is 464 g/mol. The quantitative estimate of drug-likeness (QED) is 0.405. The normalized spacial score (nSPS) is 50.9. The standard InChI is InChI=1S/C28H32O6/c1-6-26-10-8-11-27(34-26)24(31)28(27)18(17(26)4)14-21(33-23(30)19-9-7-12-32-19)25(5)20(28)13-15(2)16(3)22(25)29/h1,7,9,12,15,17-18,20-21,24,31H,3,8,10-11,13-14H2,2,4-5H3. The number of aliphatic hydroxyl groups excluding tert-OH is 1. The number of carbonyl (C=O) groups excluding carboxylic acids is 2. The third kappa shape index (κ3) is 2.22. The molecule has 10 unspecified atom stereocenters.